The number of carboxylic acids is 1. The number of halogens is 2. The quantitative estimate of drug-likeness (QED) is 0.544. The van der Waals surface area contributed by atoms with E-state index in [1.54, 1.807) is 0 Å². The second-order valence-corrected chi connectivity index (χ2v) is 8.42. The van der Waals surface area contributed by atoms with Gasteiger partial charge in [0, 0.05) is 19.9 Å². The number of likely N-dealkylation sites (N-methyl/N-ethyl adjacent to an activating group) is 1. The first kappa shape index (κ1) is 21.9. The molecule has 1 atom stereocenters. The molecule has 0 unspecified atom stereocenters. The van der Waals surface area contributed by atoms with Gasteiger partial charge in [-0.3, -0.25) is 4.79 Å². The largest absolute Gasteiger partial charge is 0.544 e. The van der Waals surface area contributed by atoms with Crippen molar-refractivity contribution in [1.29, 1.82) is 0 Å². The Balaban J connectivity index is 2.70. The van der Waals surface area contributed by atoms with Crippen molar-refractivity contribution >= 4 is 43.7 Å². The highest BCUT2D eigenvalue weighted by atomic mass is 79.9. The summed E-state index contributed by atoms with van der Waals surface area (Å²) in [7, 11) is 5.45. The molecule has 1 aromatic carbocycles. The van der Waals surface area contributed by atoms with Gasteiger partial charge in [0.25, 0.3) is 0 Å². The fourth-order valence-corrected chi connectivity index (χ4v) is 3.88. The summed E-state index contributed by atoms with van der Waals surface area (Å²) in [4.78, 5) is 22.2. The van der Waals surface area contributed by atoms with E-state index in [0.29, 0.717) is 25.1 Å². The van der Waals surface area contributed by atoms with Crippen LogP contribution in [-0.2, 0) is 16.0 Å². The van der Waals surface area contributed by atoms with E-state index < -0.39 is 12.0 Å². The lowest BCUT2D eigenvalue weighted by Crippen LogP contribution is -2.55. The number of carbonyl (C=O) groups is 2. The summed E-state index contributed by atoms with van der Waals surface area (Å²) in [6, 6.07) is 3.21. The molecule has 1 aromatic rings. The first-order valence-electron chi connectivity index (χ1n) is 7.89. The van der Waals surface area contributed by atoms with Crippen LogP contribution in [0.5, 0.6) is 5.75 Å². The first-order chi connectivity index (χ1) is 11.5. The molecule has 8 heteroatoms. The van der Waals surface area contributed by atoms with Crippen LogP contribution < -0.4 is 15.2 Å². The molecule has 0 bridgehead atoms. The molecule has 0 aliphatic heterocycles. The SMILES string of the molecule is CC(=O)NCCc1cc(Br)c(OCC[C@@H](C(=O)[O-])[N+](C)(C)C)c(Br)c1. The summed E-state index contributed by atoms with van der Waals surface area (Å²) in [5, 5.41) is 14.0. The van der Waals surface area contributed by atoms with Gasteiger partial charge >= 0.3 is 0 Å². The second kappa shape index (κ2) is 9.54. The first-order valence-corrected chi connectivity index (χ1v) is 9.48. The number of hydrogen-bond donors (Lipinski definition) is 1. The van der Waals surface area contributed by atoms with Gasteiger partial charge in [-0.05, 0) is 56.0 Å². The van der Waals surface area contributed by atoms with Crippen molar-refractivity contribution < 1.29 is 23.9 Å². The van der Waals surface area contributed by atoms with E-state index in [1.165, 1.54) is 6.92 Å². The van der Waals surface area contributed by atoms with Gasteiger partial charge in [-0.1, -0.05) is 0 Å². The summed E-state index contributed by atoms with van der Waals surface area (Å²) < 4.78 is 7.60. The molecule has 1 N–H and O–H groups in total. The lowest BCUT2D eigenvalue weighted by atomic mass is 10.1. The Morgan fingerprint density at radius 1 is 1.24 bits per heavy atom. The average molecular weight is 480 g/mol. The number of ether oxygens (including phenoxy) is 1. The lowest BCUT2D eigenvalue weighted by molar-refractivity contribution is -0.889. The molecule has 0 saturated carbocycles. The van der Waals surface area contributed by atoms with E-state index in [0.717, 1.165) is 14.5 Å². The number of carbonyl (C=O) groups excluding carboxylic acids is 2. The van der Waals surface area contributed by atoms with Gasteiger partial charge in [0.05, 0.1) is 42.7 Å². The van der Waals surface area contributed by atoms with Crippen LogP contribution in [0.4, 0.5) is 0 Å². The van der Waals surface area contributed by atoms with E-state index in [9.17, 15) is 14.7 Å². The van der Waals surface area contributed by atoms with Gasteiger partial charge in [-0.15, -0.1) is 0 Å². The predicted molar refractivity (Wildman–Crippen MR) is 101 cm³/mol. The Bertz CT molecular complexity index is 607. The topological polar surface area (TPSA) is 78.5 Å². The molecule has 0 aliphatic carbocycles. The van der Waals surface area contributed by atoms with Gasteiger partial charge in [0.2, 0.25) is 5.91 Å². The minimum atomic E-state index is -1.08. The highest BCUT2D eigenvalue weighted by molar-refractivity contribution is 9.11. The number of rotatable bonds is 9. The number of quaternary nitrogens is 1. The number of nitrogens with zero attached hydrogens (tertiary/aromatic N) is 1. The Morgan fingerprint density at radius 3 is 2.24 bits per heavy atom. The molecule has 0 aromatic heterocycles. The van der Waals surface area contributed by atoms with Crippen LogP contribution in [0.25, 0.3) is 0 Å². The van der Waals surface area contributed by atoms with Crippen molar-refractivity contribution in [3.63, 3.8) is 0 Å². The number of hydrogen-bond acceptors (Lipinski definition) is 4. The highest BCUT2D eigenvalue weighted by Crippen LogP contribution is 2.35. The molecular weight excluding hydrogens is 456 g/mol. The van der Waals surface area contributed by atoms with Gasteiger partial charge in [-0.2, -0.15) is 0 Å². The number of aliphatic carboxylic acids is 1. The van der Waals surface area contributed by atoms with Crippen LogP contribution in [0.3, 0.4) is 0 Å². The Kier molecular flexibility index (Phi) is 8.37. The molecule has 0 saturated heterocycles. The molecule has 0 fully saturated rings. The van der Waals surface area contributed by atoms with Crippen molar-refractivity contribution in [2.45, 2.75) is 25.8 Å². The number of nitrogens with one attached hydrogen (secondary N) is 1. The zero-order chi connectivity index (χ0) is 19.2. The van der Waals surface area contributed by atoms with Crippen LogP contribution >= 0.6 is 31.9 Å². The fourth-order valence-electron chi connectivity index (χ4n) is 2.37. The molecule has 0 radical (unpaired) electrons. The third kappa shape index (κ3) is 7.33. The minimum Gasteiger partial charge on any atom is -0.544 e. The van der Waals surface area contributed by atoms with E-state index >= 15 is 0 Å². The monoisotopic (exact) mass is 478 g/mol. The van der Waals surface area contributed by atoms with Crippen molar-refractivity contribution in [1.82, 2.24) is 5.32 Å². The summed E-state index contributed by atoms with van der Waals surface area (Å²) in [5.74, 6) is -0.512. The zero-order valence-electron chi connectivity index (χ0n) is 14.9. The van der Waals surface area contributed by atoms with E-state index in [-0.39, 0.29) is 17.0 Å². The van der Waals surface area contributed by atoms with Crippen molar-refractivity contribution in [3.8, 4) is 5.75 Å². The standard InChI is InChI=1S/C17H24Br2N2O4/c1-11(22)20-7-5-12-9-13(18)16(14(19)10-12)25-8-6-15(17(23)24)21(2,3)4/h9-10,15H,5-8H2,1-4H3,(H-,20,22,23,24)/t15-/m0/s1. The number of carboxylic acid groups (broad SMARTS) is 1. The zero-order valence-corrected chi connectivity index (χ0v) is 18.1. The summed E-state index contributed by atoms with van der Waals surface area (Å²) in [6.07, 6.45) is 1.04. The van der Waals surface area contributed by atoms with Gasteiger partial charge in [-0.25, -0.2) is 0 Å². The minimum absolute atomic E-state index is 0.0576. The maximum Gasteiger partial charge on any atom is 0.216 e. The average Bonchev–Trinajstić information content (AvgIpc) is 2.43. The normalized spacial score (nSPS) is 12.6. The van der Waals surface area contributed by atoms with E-state index in [4.69, 9.17) is 4.74 Å². The highest BCUT2D eigenvalue weighted by Gasteiger charge is 2.25. The molecule has 25 heavy (non-hydrogen) atoms. The predicted octanol–water partition coefficient (Wildman–Crippen LogP) is 1.48. The Labute approximate surface area is 165 Å². The van der Waals surface area contributed by atoms with Gasteiger partial charge in [0.15, 0.2) is 0 Å². The van der Waals surface area contributed by atoms with Crippen LogP contribution in [0.1, 0.15) is 18.9 Å². The molecule has 0 aliphatic rings. The smallest absolute Gasteiger partial charge is 0.216 e. The maximum atomic E-state index is 11.3. The van der Waals surface area contributed by atoms with Crippen LogP contribution in [0, 0.1) is 0 Å². The summed E-state index contributed by atoms with van der Waals surface area (Å²) in [5.41, 5.74) is 1.04. The molecule has 140 valence electrons. The van der Waals surface area contributed by atoms with E-state index in [2.05, 4.69) is 37.2 Å². The van der Waals surface area contributed by atoms with Crippen LogP contribution in [0.15, 0.2) is 21.1 Å². The molecular formula is C17H24Br2N2O4. The van der Waals surface area contributed by atoms with Crippen molar-refractivity contribution in [3.05, 3.63) is 26.6 Å². The van der Waals surface area contributed by atoms with E-state index in [1.807, 2.05) is 33.3 Å². The van der Waals surface area contributed by atoms with Crippen LogP contribution in [0.2, 0.25) is 0 Å². The summed E-state index contributed by atoms with van der Waals surface area (Å²) >= 11 is 6.96. The molecule has 6 nitrogen and oxygen atoms in total. The maximum absolute atomic E-state index is 11.3. The van der Waals surface area contributed by atoms with Gasteiger partial charge in [0.1, 0.15) is 11.8 Å². The van der Waals surface area contributed by atoms with Gasteiger partial charge < -0.3 is 24.4 Å². The second-order valence-electron chi connectivity index (χ2n) is 6.71. The Morgan fingerprint density at radius 2 is 1.80 bits per heavy atom. The molecule has 1 rings (SSSR count). The molecule has 0 spiro atoms. The van der Waals surface area contributed by atoms with Crippen LogP contribution in [-0.4, -0.2) is 56.7 Å². The Hall–Kier alpha value is -1.12. The molecule has 1 amide bonds. The number of amides is 1. The third-order valence-corrected chi connectivity index (χ3v) is 4.87. The van der Waals surface area contributed by atoms with Crippen molar-refractivity contribution in [2.24, 2.45) is 0 Å². The lowest BCUT2D eigenvalue weighted by Gasteiger charge is -2.34. The van der Waals surface area contributed by atoms with Crippen molar-refractivity contribution in [2.75, 3.05) is 34.3 Å². The fraction of sp³-hybridized carbons (Fsp3) is 0.529. The molecule has 0 heterocycles. The number of benzene rings is 1. The third-order valence-electron chi connectivity index (χ3n) is 3.69. The summed E-state index contributed by atoms with van der Waals surface area (Å²) in [6.45, 7) is 2.31.